The molecular weight excluding hydrogens is 271 g/mol. The molecular formula is C11H9FN4O2S. The van der Waals surface area contributed by atoms with Gasteiger partial charge in [-0.05, 0) is 31.2 Å². The number of aromatic amines is 1. The maximum atomic E-state index is 13.3. The van der Waals surface area contributed by atoms with Crippen LogP contribution >= 0.6 is 0 Å². The second-order valence-corrected chi connectivity index (χ2v) is 5.75. The van der Waals surface area contributed by atoms with E-state index in [1.165, 1.54) is 18.2 Å². The van der Waals surface area contributed by atoms with Crippen molar-refractivity contribution in [1.82, 2.24) is 19.2 Å². The first-order valence-corrected chi connectivity index (χ1v) is 6.83. The molecule has 3 rings (SSSR count). The van der Waals surface area contributed by atoms with Crippen LogP contribution in [0.4, 0.5) is 4.39 Å². The molecule has 0 unspecified atom stereocenters. The molecule has 0 fully saturated rings. The fraction of sp³-hybridized carbons (Fsp3) is 0.0909. The molecule has 0 aliphatic heterocycles. The van der Waals surface area contributed by atoms with Gasteiger partial charge in [-0.2, -0.15) is 13.5 Å². The van der Waals surface area contributed by atoms with Gasteiger partial charge in [0.1, 0.15) is 12.1 Å². The Morgan fingerprint density at radius 2 is 2.11 bits per heavy atom. The highest BCUT2D eigenvalue weighted by molar-refractivity contribution is 7.90. The van der Waals surface area contributed by atoms with Crippen LogP contribution < -0.4 is 0 Å². The van der Waals surface area contributed by atoms with Crippen LogP contribution in [0.5, 0.6) is 0 Å². The van der Waals surface area contributed by atoms with E-state index < -0.39 is 15.8 Å². The summed E-state index contributed by atoms with van der Waals surface area (Å²) in [6.07, 6.45) is 1.11. The minimum atomic E-state index is -3.91. The molecule has 0 spiro atoms. The van der Waals surface area contributed by atoms with E-state index in [1.807, 2.05) is 0 Å². The number of rotatable bonds is 2. The molecule has 0 radical (unpaired) electrons. The van der Waals surface area contributed by atoms with Crippen molar-refractivity contribution in [3.63, 3.8) is 0 Å². The molecule has 0 atom stereocenters. The molecule has 0 saturated heterocycles. The van der Waals surface area contributed by atoms with Gasteiger partial charge >= 0.3 is 10.0 Å². The van der Waals surface area contributed by atoms with Crippen molar-refractivity contribution < 1.29 is 12.8 Å². The Kier molecular flexibility index (Phi) is 2.42. The van der Waals surface area contributed by atoms with Crippen LogP contribution in [0.2, 0.25) is 0 Å². The highest BCUT2D eigenvalue weighted by atomic mass is 32.2. The lowest BCUT2D eigenvalue weighted by Crippen LogP contribution is -2.15. The lowest BCUT2D eigenvalue weighted by molar-refractivity contribution is 0.579. The number of fused-ring (bicyclic) bond motifs is 1. The minimum Gasteiger partial charge on any atom is -0.248 e. The molecule has 2 heterocycles. The summed E-state index contributed by atoms with van der Waals surface area (Å²) in [5, 5.41) is 6.19. The van der Waals surface area contributed by atoms with Crippen molar-refractivity contribution in [2.75, 3.05) is 0 Å². The third kappa shape index (κ3) is 1.72. The average Bonchev–Trinajstić information content (AvgIpc) is 2.95. The number of nitrogens with zero attached hydrogens (tertiary/aromatic N) is 3. The Bertz CT molecular complexity index is 852. The highest BCUT2D eigenvalue weighted by Crippen LogP contribution is 2.24. The van der Waals surface area contributed by atoms with Crippen LogP contribution in [0.15, 0.2) is 35.7 Å². The topological polar surface area (TPSA) is 80.6 Å². The molecule has 8 heteroatoms. The number of hydrogen-bond acceptors (Lipinski definition) is 4. The predicted molar refractivity (Wildman–Crippen MR) is 65.6 cm³/mol. The first kappa shape index (κ1) is 11.8. The monoisotopic (exact) mass is 280 g/mol. The summed E-state index contributed by atoms with van der Waals surface area (Å²) in [7, 11) is -3.91. The fourth-order valence-corrected chi connectivity index (χ4v) is 3.38. The van der Waals surface area contributed by atoms with Gasteiger partial charge in [-0.15, -0.1) is 0 Å². The standard InChI is InChI=1S/C11H9FN4O2S/c1-7-4-8-2-3-9(12)5-10(8)16(7)19(17,18)11-13-6-14-15-11/h2-6H,1H3,(H,13,14,15). The molecule has 2 aromatic heterocycles. The second kappa shape index (κ2) is 3.89. The lowest BCUT2D eigenvalue weighted by Gasteiger charge is -2.06. The summed E-state index contributed by atoms with van der Waals surface area (Å²) in [4.78, 5) is 3.65. The van der Waals surface area contributed by atoms with Gasteiger partial charge in [-0.1, -0.05) is 0 Å². The van der Waals surface area contributed by atoms with E-state index in [4.69, 9.17) is 0 Å². The minimum absolute atomic E-state index is 0.272. The predicted octanol–water partition coefficient (Wildman–Crippen LogP) is 1.44. The summed E-state index contributed by atoms with van der Waals surface area (Å²) >= 11 is 0. The van der Waals surface area contributed by atoms with Crippen LogP contribution in [-0.2, 0) is 10.0 Å². The largest absolute Gasteiger partial charge is 0.303 e. The van der Waals surface area contributed by atoms with Gasteiger partial charge in [0.25, 0.3) is 5.16 Å². The Hall–Kier alpha value is -2.22. The summed E-state index contributed by atoms with van der Waals surface area (Å²) in [5.41, 5.74) is 0.742. The van der Waals surface area contributed by atoms with Crippen LogP contribution in [0.25, 0.3) is 10.9 Å². The Labute approximate surface area is 107 Å². The van der Waals surface area contributed by atoms with Crippen molar-refractivity contribution in [2.45, 2.75) is 12.1 Å². The van der Waals surface area contributed by atoms with Crippen LogP contribution in [0.3, 0.4) is 0 Å². The molecule has 19 heavy (non-hydrogen) atoms. The number of halogens is 1. The molecule has 6 nitrogen and oxygen atoms in total. The van der Waals surface area contributed by atoms with E-state index in [-0.39, 0.29) is 10.7 Å². The zero-order valence-corrected chi connectivity index (χ0v) is 10.6. The van der Waals surface area contributed by atoms with E-state index in [9.17, 15) is 12.8 Å². The number of benzene rings is 1. The third-order valence-electron chi connectivity index (χ3n) is 2.77. The summed E-state index contributed by atoms with van der Waals surface area (Å²) in [6.45, 7) is 1.63. The normalized spacial score (nSPS) is 12.1. The van der Waals surface area contributed by atoms with Crippen molar-refractivity contribution >= 4 is 20.9 Å². The van der Waals surface area contributed by atoms with Gasteiger partial charge in [0.2, 0.25) is 0 Å². The van der Waals surface area contributed by atoms with Gasteiger partial charge in [0.05, 0.1) is 5.52 Å². The van der Waals surface area contributed by atoms with Gasteiger partial charge in [0, 0.05) is 11.1 Å². The Morgan fingerprint density at radius 1 is 1.32 bits per heavy atom. The van der Waals surface area contributed by atoms with E-state index >= 15 is 0 Å². The van der Waals surface area contributed by atoms with Gasteiger partial charge < -0.3 is 0 Å². The molecule has 0 amide bonds. The van der Waals surface area contributed by atoms with Crippen molar-refractivity contribution in [3.8, 4) is 0 Å². The van der Waals surface area contributed by atoms with Gasteiger partial charge in [-0.3, -0.25) is 0 Å². The summed E-state index contributed by atoms with van der Waals surface area (Å²) in [6, 6.07) is 5.66. The van der Waals surface area contributed by atoms with E-state index in [0.717, 1.165) is 10.3 Å². The Balaban J connectivity index is 2.37. The van der Waals surface area contributed by atoms with Gasteiger partial charge in [-0.25, -0.2) is 18.4 Å². The fourth-order valence-electron chi connectivity index (χ4n) is 2.01. The summed E-state index contributed by atoms with van der Waals surface area (Å²) < 4.78 is 39.2. The smallest absolute Gasteiger partial charge is 0.248 e. The van der Waals surface area contributed by atoms with Crippen LogP contribution in [0, 0.1) is 12.7 Å². The Morgan fingerprint density at radius 3 is 2.79 bits per heavy atom. The highest BCUT2D eigenvalue weighted by Gasteiger charge is 2.24. The number of hydrogen-bond donors (Lipinski definition) is 1. The maximum absolute atomic E-state index is 13.3. The van der Waals surface area contributed by atoms with Crippen molar-refractivity contribution in [3.05, 3.63) is 42.1 Å². The SMILES string of the molecule is Cc1cc2ccc(F)cc2n1S(=O)(=O)c1ncn[nH]1. The van der Waals surface area contributed by atoms with Crippen LogP contribution in [-0.4, -0.2) is 27.6 Å². The number of H-pyrrole nitrogens is 1. The second-order valence-electron chi connectivity index (χ2n) is 4.05. The number of aromatic nitrogens is 4. The molecule has 0 aliphatic rings. The number of nitrogens with one attached hydrogen (secondary N) is 1. The average molecular weight is 280 g/mol. The molecule has 1 aromatic carbocycles. The molecule has 0 bridgehead atoms. The zero-order chi connectivity index (χ0) is 13.6. The molecule has 98 valence electrons. The maximum Gasteiger partial charge on any atom is 0.303 e. The quantitative estimate of drug-likeness (QED) is 0.770. The zero-order valence-electron chi connectivity index (χ0n) is 9.83. The molecule has 1 N–H and O–H groups in total. The van der Waals surface area contributed by atoms with Crippen molar-refractivity contribution in [1.29, 1.82) is 0 Å². The molecule has 0 saturated carbocycles. The van der Waals surface area contributed by atoms with E-state index in [0.29, 0.717) is 11.1 Å². The van der Waals surface area contributed by atoms with E-state index in [2.05, 4.69) is 15.2 Å². The number of aryl methyl sites for hydroxylation is 1. The third-order valence-corrected chi connectivity index (χ3v) is 4.42. The van der Waals surface area contributed by atoms with Crippen LogP contribution in [0.1, 0.15) is 5.69 Å². The molecule has 3 aromatic rings. The lowest BCUT2D eigenvalue weighted by atomic mass is 10.2. The van der Waals surface area contributed by atoms with E-state index in [1.54, 1.807) is 13.0 Å². The van der Waals surface area contributed by atoms with Crippen molar-refractivity contribution in [2.24, 2.45) is 0 Å². The first-order chi connectivity index (χ1) is 9.00. The first-order valence-electron chi connectivity index (χ1n) is 5.39. The summed E-state index contributed by atoms with van der Waals surface area (Å²) in [5.74, 6) is -0.500. The molecule has 0 aliphatic carbocycles. The van der Waals surface area contributed by atoms with Gasteiger partial charge in [0.15, 0.2) is 0 Å².